The van der Waals surface area contributed by atoms with E-state index in [0.29, 0.717) is 17.8 Å². The van der Waals surface area contributed by atoms with Gasteiger partial charge in [-0.3, -0.25) is 4.79 Å². The molecule has 20 heavy (non-hydrogen) atoms. The molecule has 1 aromatic rings. The molecule has 2 aliphatic rings. The summed E-state index contributed by atoms with van der Waals surface area (Å²) in [4.78, 5) is 12.1. The number of fused-ring (bicyclic) bond motifs is 1. The first-order chi connectivity index (χ1) is 9.51. The van der Waals surface area contributed by atoms with Crippen LogP contribution in [0.25, 0.3) is 0 Å². The zero-order valence-electron chi connectivity index (χ0n) is 12.4. The van der Waals surface area contributed by atoms with Crippen LogP contribution < -0.4 is 0 Å². The van der Waals surface area contributed by atoms with Crippen molar-refractivity contribution in [2.75, 3.05) is 0 Å². The Labute approximate surface area is 121 Å². The van der Waals surface area contributed by atoms with Crippen molar-refractivity contribution in [2.24, 2.45) is 23.2 Å². The van der Waals surface area contributed by atoms with E-state index >= 15 is 0 Å². The van der Waals surface area contributed by atoms with Gasteiger partial charge in [-0.1, -0.05) is 38.1 Å². The minimum atomic E-state index is -0.583. The second-order valence-electron chi connectivity index (χ2n) is 7.20. The largest absolute Gasteiger partial charge is 0.481 e. The molecule has 2 atom stereocenters. The van der Waals surface area contributed by atoms with Gasteiger partial charge in [-0.2, -0.15) is 0 Å². The molecule has 3 rings (SSSR count). The van der Waals surface area contributed by atoms with Crippen molar-refractivity contribution in [1.82, 2.24) is 0 Å². The Kier molecular flexibility index (Phi) is 3.35. The van der Waals surface area contributed by atoms with E-state index in [1.165, 1.54) is 17.5 Å². The molecule has 2 nitrogen and oxygen atoms in total. The molecule has 2 unspecified atom stereocenters. The Hall–Kier alpha value is -1.31. The van der Waals surface area contributed by atoms with Gasteiger partial charge >= 0.3 is 5.97 Å². The van der Waals surface area contributed by atoms with Crippen LogP contribution in [0.4, 0.5) is 0 Å². The molecule has 0 bridgehead atoms. The molecular formula is C18H24O2. The Balaban J connectivity index is 1.93. The maximum atomic E-state index is 12.1. The molecule has 108 valence electrons. The number of carboxylic acid groups (broad SMARTS) is 1. The predicted octanol–water partition coefficient (Wildman–Crippen LogP) is 3.93. The fraction of sp³-hybridized carbons (Fsp3) is 0.611. The van der Waals surface area contributed by atoms with Crippen molar-refractivity contribution in [3.05, 3.63) is 35.4 Å². The molecule has 0 heterocycles. The minimum absolute atomic E-state index is 0.325. The van der Waals surface area contributed by atoms with Crippen LogP contribution in [0.3, 0.4) is 0 Å². The van der Waals surface area contributed by atoms with Crippen molar-refractivity contribution in [3.63, 3.8) is 0 Å². The van der Waals surface area contributed by atoms with Gasteiger partial charge < -0.3 is 5.11 Å². The number of benzene rings is 1. The molecule has 1 fully saturated rings. The third-order valence-electron chi connectivity index (χ3n) is 5.52. The van der Waals surface area contributed by atoms with Crippen LogP contribution in [0.2, 0.25) is 0 Å². The summed E-state index contributed by atoms with van der Waals surface area (Å²) in [5, 5.41) is 9.96. The number of rotatable bonds is 2. The first kappa shape index (κ1) is 13.7. The number of hydrogen-bond donors (Lipinski definition) is 1. The quantitative estimate of drug-likeness (QED) is 0.885. The normalized spacial score (nSPS) is 31.8. The second kappa shape index (κ2) is 4.91. The summed E-state index contributed by atoms with van der Waals surface area (Å²) in [6.07, 6.45) is 4.85. The Bertz CT molecular complexity index is 485. The summed E-state index contributed by atoms with van der Waals surface area (Å²) in [6, 6.07) is 8.27. The number of aliphatic carboxylic acids is 1. The van der Waals surface area contributed by atoms with Crippen molar-refractivity contribution >= 4 is 5.97 Å². The maximum Gasteiger partial charge on any atom is 0.310 e. The highest BCUT2D eigenvalue weighted by atomic mass is 16.4. The van der Waals surface area contributed by atoms with Crippen LogP contribution in [0.15, 0.2) is 24.3 Å². The molecule has 2 heteroatoms. The zero-order valence-corrected chi connectivity index (χ0v) is 12.4. The van der Waals surface area contributed by atoms with Gasteiger partial charge in [0.25, 0.3) is 0 Å². The van der Waals surface area contributed by atoms with Crippen LogP contribution >= 0.6 is 0 Å². The summed E-state index contributed by atoms with van der Waals surface area (Å²) >= 11 is 0. The molecule has 1 saturated carbocycles. The molecule has 1 N–H and O–H groups in total. The lowest BCUT2D eigenvalue weighted by atomic mass is 9.62. The first-order valence-electron chi connectivity index (χ1n) is 7.81. The van der Waals surface area contributed by atoms with E-state index in [1.54, 1.807) is 0 Å². The molecule has 0 spiro atoms. The highest BCUT2D eigenvalue weighted by molar-refractivity contribution is 5.77. The first-order valence-corrected chi connectivity index (χ1v) is 7.81. The van der Waals surface area contributed by atoms with Gasteiger partial charge in [-0.15, -0.1) is 0 Å². The second-order valence-corrected chi connectivity index (χ2v) is 7.20. The van der Waals surface area contributed by atoms with Crippen LogP contribution in [-0.2, 0) is 17.6 Å². The standard InChI is InChI=1S/C18H24O2/c1-12-7-13(2)9-16(8-12)18(17(19)20)10-14-5-3-4-6-15(14)11-18/h3-6,12-13,16H,7-11H2,1-2H3,(H,19,20). The highest BCUT2D eigenvalue weighted by Crippen LogP contribution is 2.50. The summed E-state index contributed by atoms with van der Waals surface area (Å²) in [5.41, 5.74) is 1.95. The molecule has 0 saturated heterocycles. The van der Waals surface area contributed by atoms with E-state index in [1.807, 2.05) is 12.1 Å². The fourth-order valence-corrected chi connectivity index (χ4v) is 4.66. The molecule has 0 aromatic heterocycles. The van der Waals surface area contributed by atoms with Crippen molar-refractivity contribution < 1.29 is 9.90 Å². The van der Waals surface area contributed by atoms with E-state index in [9.17, 15) is 9.90 Å². The number of carboxylic acids is 1. The molecule has 0 amide bonds. The summed E-state index contributed by atoms with van der Waals surface area (Å²) in [7, 11) is 0. The van der Waals surface area contributed by atoms with Crippen LogP contribution in [0.5, 0.6) is 0 Å². The zero-order chi connectivity index (χ0) is 14.3. The van der Waals surface area contributed by atoms with Gasteiger partial charge in [0.15, 0.2) is 0 Å². The van der Waals surface area contributed by atoms with Crippen LogP contribution in [0, 0.1) is 23.2 Å². The summed E-state index contributed by atoms with van der Waals surface area (Å²) in [5.74, 6) is 1.05. The van der Waals surface area contributed by atoms with E-state index < -0.39 is 11.4 Å². The van der Waals surface area contributed by atoms with E-state index in [2.05, 4.69) is 26.0 Å². The Morgan fingerprint density at radius 2 is 1.55 bits per heavy atom. The molecular weight excluding hydrogens is 248 g/mol. The third-order valence-corrected chi connectivity index (χ3v) is 5.52. The smallest absolute Gasteiger partial charge is 0.310 e. The van der Waals surface area contributed by atoms with Gasteiger partial charge in [0.05, 0.1) is 5.41 Å². The van der Waals surface area contributed by atoms with E-state index in [4.69, 9.17) is 0 Å². The lowest BCUT2D eigenvalue weighted by molar-refractivity contribution is -0.153. The molecule has 0 aliphatic heterocycles. The Morgan fingerprint density at radius 3 is 2.00 bits per heavy atom. The maximum absolute atomic E-state index is 12.1. The van der Waals surface area contributed by atoms with Crippen molar-refractivity contribution in [1.29, 1.82) is 0 Å². The van der Waals surface area contributed by atoms with E-state index in [0.717, 1.165) is 25.7 Å². The predicted molar refractivity (Wildman–Crippen MR) is 79.6 cm³/mol. The minimum Gasteiger partial charge on any atom is -0.481 e. The Morgan fingerprint density at radius 1 is 1.05 bits per heavy atom. The van der Waals surface area contributed by atoms with Gasteiger partial charge in [-0.25, -0.2) is 0 Å². The molecule has 1 aromatic carbocycles. The van der Waals surface area contributed by atoms with Gasteiger partial charge in [0.2, 0.25) is 0 Å². The average Bonchev–Trinajstić information content (AvgIpc) is 2.78. The van der Waals surface area contributed by atoms with Gasteiger partial charge in [-0.05, 0) is 61.0 Å². The van der Waals surface area contributed by atoms with E-state index in [-0.39, 0.29) is 0 Å². The monoisotopic (exact) mass is 272 g/mol. The summed E-state index contributed by atoms with van der Waals surface area (Å²) in [6.45, 7) is 4.56. The van der Waals surface area contributed by atoms with Crippen molar-refractivity contribution in [2.45, 2.75) is 46.0 Å². The topological polar surface area (TPSA) is 37.3 Å². The van der Waals surface area contributed by atoms with Crippen LogP contribution in [-0.4, -0.2) is 11.1 Å². The highest BCUT2D eigenvalue weighted by Gasteiger charge is 2.51. The van der Waals surface area contributed by atoms with Gasteiger partial charge in [0, 0.05) is 0 Å². The summed E-state index contributed by atoms with van der Waals surface area (Å²) < 4.78 is 0. The lowest BCUT2D eigenvalue weighted by Gasteiger charge is -2.41. The molecule has 2 aliphatic carbocycles. The average molecular weight is 272 g/mol. The van der Waals surface area contributed by atoms with Gasteiger partial charge in [0.1, 0.15) is 0 Å². The lowest BCUT2D eigenvalue weighted by Crippen LogP contribution is -2.43. The number of carbonyl (C=O) groups is 1. The SMILES string of the molecule is CC1CC(C)CC(C2(C(=O)O)Cc3ccccc3C2)C1. The third kappa shape index (κ3) is 2.15. The molecule has 0 radical (unpaired) electrons. The fourth-order valence-electron chi connectivity index (χ4n) is 4.66. The van der Waals surface area contributed by atoms with Crippen molar-refractivity contribution in [3.8, 4) is 0 Å². The van der Waals surface area contributed by atoms with Crippen LogP contribution in [0.1, 0.15) is 44.2 Å². The number of hydrogen-bond acceptors (Lipinski definition) is 1.